The summed E-state index contributed by atoms with van der Waals surface area (Å²) in [4.78, 5) is 13.1. The Morgan fingerprint density at radius 2 is 1.37 bits per heavy atom. The molecule has 2 aromatic heterocycles. The first-order valence-corrected chi connectivity index (χ1v) is 16.2. The molecule has 2 heterocycles. The van der Waals surface area contributed by atoms with Gasteiger partial charge in [-0.2, -0.15) is 5.10 Å². The molecule has 0 fully saturated rings. The first-order valence-electron chi connectivity index (χ1n) is 11.4. The lowest BCUT2D eigenvalue weighted by molar-refractivity contribution is 0.0954. The van der Waals surface area contributed by atoms with Crippen molar-refractivity contribution < 1.29 is 21.6 Å². The van der Waals surface area contributed by atoms with Crippen molar-refractivity contribution in [2.75, 3.05) is 9.44 Å². The number of carbonyl (C=O) groups excluding carboxylic acids is 1. The second-order valence-electron chi connectivity index (χ2n) is 8.38. The summed E-state index contributed by atoms with van der Waals surface area (Å²) in [6, 6.07) is 17.9. The molecule has 4 aromatic rings. The molecule has 1 aliphatic carbocycles. The van der Waals surface area contributed by atoms with Crippen molar-refractivity contribution in [3.05, 3.63) is 94.2 Å². The van der Waals surface area contributed by atoms with Crippen LogP contribution in [-0.2, 0) is 26.5 Å². The molecule has 3 N–H and O–H groups in total. The number of fused-ring (bicyclic) bond motifs is 1. The van der Waals surface area contributed by atoms with Gasteiger partial charge >= 0.3 is 0 Å². The molecule has 0 unspecified atom stereocenters. The quantitative estimate of drug-likeness (QED) is 0.253. The summed E-state index contributed by atoms with van der Waals surface area (Å²) in [7, 11) is -7.89. The molecule has 0 saturated carbocycles. The lowest BCUT2D eigenvalue weighted by Crippen LogP contribution is -2.23. The Morgan fingerprint density at radius 3 is 1.95 bits per heavy atom. The zero-order valence-corrected chi connectivity index (χ0v) is 23.0. The summed E-state index contributed by atoms with van der Waals surface area (Å²) < 4.78 is 56.3. The number of nitrogens with zero attached hydrogens (tertiary/aromatic N) is 1. The van der Waals surface area contributed by atoms with Crippen LogP contribution in [0, 0.1) is 0 Å². The van der Waals surface area contributed by atoms with Crippen molar-refractivity contribution in [2.45, 2.75) is 27.7 Å². The van der Waals surface area contributed by atoms with Crippen LogP contribution in [0.5, 0.6) is 0 Å². The van der Waals surface area contributed by atoms with E-state index in [4.69, 9.17) is 0 Å². The van der Waals surface area contributed by atoms with Crippen LogP contribution >= 0.6 is 22.7 Å². The Bertz CT molecular complexity index is 1630. The molecule has 5 rings (SSSR count). The van der Waals surface area contributed by atoms with E-state index < -0.39 is 26.0 Å². The molecule has 196 valence electrons. The molecule has 0 atom stereocenters. The smallest absolute Gasteiger partial charge is 0.271 e. The molecule has 38 heavy (non-hydrogen) atoms. The number of anilines is 2. The summed E-state index contributed by atoms with van der Waals surface area (Å²) in [5.41, 5.74) is 5.48. The summed E-state index contributed by atoms with van der Waals surface area (Å²) in [6.07, 6.45) is 2.54. The van der Waals surface area contributed by atoms with E-state index >= 15 is 0 Å². The molecule has 0 bridgehead atoms. The fourth-order valence-corrected chi connectivity index (χ4v) is 8.09. The van der Waals surface area contributed by atoms with Gasteiger partial charge in [0, 0.05) is 11.1 Å². The van der Waals surface area contributed by atoms with Crippen molar-refractivity contribution in [3.8, 4) is 0 Å². The third-order valence-electron chi connectivity index (χ3n) is 5.70. The zero-order chi connectivity index (χ0) is 26.8. The normalized spacial score (nSPS) is 14.6. The summed E-state index contributed by atoms with van der Waals surface area (Å²) in [5, 5.41) is 7.59. The van der Waals surface area contributed by atoms with Crippen LogP contribution in [0.2, 0.25) is 0 Å². The Morgan fingerprint density at radius 1 is 0.763 bits per heavy atom. The van der Waals surface area contributed by atoms with Gasteiger partial charge in [0.25, 0.3) is 26.0 Å². The molecule has 0 radical (unpaired) electrons. The molecule has 1 amide bonds. The van der Waals surface area contributed by atoms with Crippen molar-refractivity contribution >= 4 is 65.7 Å². The topological polar surface area (TPSA) is 134 Å². The minimum Gasteiger partial charge on any atom is -0.279 e. The molecule has 0 spiro atoms. The molecule has 1 aliphatic rings. The van der Waals surface area contributed by atoms with Crippen molar-refractivity contribution in [1.29, 1.82) is 0 Å². The summed E-state index contributed by atoms with van der Waals surface area (Å²) in [6.45, 7) is 0. The number of aryl methyl sites for hydroxylation is 1. The third-order valence-corrected chi connectivity index (χ3v) is 11.3. The van der Waals surface area contributed by atoms with Gasteiger partial charge in [0.2, 0.25) is 0 Å². The van der Waals surface area contributed by atoms with Gasteiger partial charge in [0.1, 0.15) is 8.42 Å². The molecular formula is C25H22N4O5S4. The molecule has 9 nitrogen and oxygen atoms in total. The van der Waals surface area contributed by atoms with E-state index in [9.17, 15) is 21.6 Å². The average Bonchev–Trinajstić information content (AvgIpc) is 3.62. The lowest BCUT2D eigenvalue weighted by Gasteiger charge is -2.17. The molecule has 2 aromatic carbocycles. The van der Waals surface area contributed by atoms with Crippen LogP contribution in [0.1, 0.15) is 34.3 Å². The fourth-order valence-electron chi connectivity index (χ4n) is 4.02. The number of hydrogen-bond acceptors (Lipinski definition) is 8. The van der Waals surface area contributed by atoms with Gasteiger partial charge in [-0.15, -0.1) is 22.7 Å². The first-order chi connectivity index (χ1) is 18.2. The molecule has 13 heteroatoms. The highest BCUT2D eigenvalue weighted by Crippen LogP contribution is 2.27. The molecule has 0 saturated heterocycles. The highest BCUT2D eigenvalue weighted by atomic mass is 32.3. The molecular weight excluding hydrogens is 565 g/mol. The Balaban J connectivity index is 1.46. The van der Waals surface area contributed by atoms with E-state index in [2.05, 4.69) is 20.0 Å². The zero-order valence-electron chi connectivity index (χ0n) is 19.7. The van der Waals surface area contributed by atoms with Crippen molar-refractivity contribution in [1.82, 2.24) is 5.43 Å². The SMILES string of the molecule is O=C(N/N=C1\CCCc2ccccc21)c1cc(NS(=O)(=O)c2cccs2)cc(NS(=O)(=O)c2cccs2)c1. The lowest BCUT2D eigenvalue weighted by atomic mass is 9.90. The van der Waals surface area contributed by atoms with Gasteiger partial charge < -0.3 is 0 Å². The van der Waals surface area contributed by atoms with Crippen LogP contribution in [0.3, 0.4) is 0 Å². The predicted octanol–water partition coefficient (Wildman–Crippen LogP) is 4.88. The van der Waals surface area contributed by atoms with Gasteiger partial charge in [-0.3, -0.25) is 14.2 Å². The minimum atomic E-state index is -3.94. The maximum atomic E-state index is 13.1. The van der Waals surface area contributed by atoms with Crippen molar-refractivity contribution in [2.24, 2.45) is 5.10 Å². The number of hydrazone groups is 1. The van der Waals surface area contributed by atoms with Crippen LogP contribution in [-0.4, -0.2) is 28.5 Å². The highest BCUT2D eigenvalue weighted by molar-refractivity contribution is 7.95. The number of nitrogens with one attached hydrogen (secondary N) is 3. The number of thiophene rings is 2. The van der Waals surface area contributed by atoms with Gasteiger partial charge in [-0.25, -0.2) is 22.3 Å². The van der Waals surface area contributed by atoms with Crippen LogP contribution in [0.25, 0.3) is 0 Å². The largest absolute Gasteiger partial charge is 0.279 e. The van der Waals surface area contributed by atoms with E-state index in [-0.39, 0.29) is 25.4 Å². The van der Waals surface area contributed by atoms with Crippen LogP contribution in [0.4, 0.5) is 11.4 Å². The number of rotatable bonds is 8. The number of sulfonamides is 2. The van der Waals surface area contributed by atoms with E-state index in [0.717, 1.165) is 52.4 Å². The van der Waals surface area contributed by atoms with Gasteiger partial charge in [-0.1, -0.05) is 36.4 Å². The fraction of sp³-hybridized carbons (Fsp3) is 0.120. The monoisotopic (exact) mass is 586 g/mol. The maximum absolute atomic E-state index is 13.1. The number of carbonyl (C=O) groups is 1. The van der Waals surface area contributed by atoms with E-state index in [1.807, 2.05) is 24.3 Å². The Hall–Kier alpha value is -3.52. The summed E-state index contributed by atoms with van der Waals surface area (Å²) >= 11 is 2.07. The first kappa shape index (κ1) is 26.1. The van der Waals surface area contributed by atoms with Gasteiger partial charge in [0.15, 0.2) is 0 Å². The summed E-state index contributed by atoms with van der Waals surface area (Å²) in [5.74, 6) is -0.616. The maximum Gasteiger partial charge on any atom is 0.271 e. The van der Waals surface area contributed by atoms with E-state index in [1.54, 1.807) is 22.9 Å². The minimum absolute atomic E-state index is 0.0191. The van der Waals surface area contributed by atoms with Crippen LogP contribution < -0.4 is 14.9 Å². The predicted molar refractivity (Wildman–Crippen MR) is 150 cm³/mol. The van der Waals surface area contributed by atoms with E-state index in [1.165, 1.54) is 30.3 Å². The van der Waals surface area contributed by atoms with Crippen molar-refractivity contribution in [3.63, 3.8) is 0 Å². The number of benzene rings is 2. The number of hydrogen-bond donors (Lipinski definition) is 3. The third kappa shape index (κ3) is 5.80. The molecule has 0 aliphatic heterocycles. The van der Waals surface area contributed by atoms with Gasteiger partial charge in [-0.05, 0) is 65.9 Å². The standard InChI is InChI=1S/C25H22N4O5S4/c30-25(27-26-22-9-3-7-17-6-1-2-8-21(17)22)18-14-19(28-37(31,32)23-10-4-12-35-23)16-20(15-18)29-38(33,34)24-11-5-13-36-24/h1-2,4-6,8,10-16,28-29H,3,7,9H2,(H,27,30)/b26-22+. The second-order valence-corrected chi connectivity index (χ2v) is 14.1. The Kier molecular flexibility index (Phi) is 7.34. The Labute approximate surface area is 228 Å². The second kappa shape index (κ2) is 10.7. The average molecular weight is 587 g/mol. The van der Waals surface area contributed by atoms with Gasteiger partial charge in [0.05, 0.1) is 17.1 Å². The van der Waals surface area contributed by atoms with Crippen LogP contribution in [0.15, 0.2) is 91.0 Å². The van der Waals surface area contributed by atoms with E-state index in [0.29, 0.717) is 6.42 Å². The highest BCUT2D eigenvalue weighted by Gasteiger charge is 2.21. The number of amides is 1.